The Morgan fingerprint density at radius 3 is 0.968 bits per heavy atom. The van der Waals surface area contributed by atoms with E-state index in [1.807, 2.05) is 0 Å². The van der Waals surface area contributed by atoms with Crippen LogP contribution < -0.4 is 14.7 Å². The van der Waals surface area contributed by atoms with Gasteiger partial charge < -0.3 is 52.8 Å². The second-order valence-corrected chi connectivity index (χ2v) is 7.34. The van der Waals surface area contributed by atoms with Gasteiger partial charge in [-0.3, -0.25) is 0 Å². The van der Waals surface area contributed by atoms with Crippen LogP contribution in [0, 0.1) is 0 Å². The first-order chi connectivity index (χ1) is 14.7. The zero-order valence-corrected chi connectivity index (χ0v) is 20.5. The third kappa shape index (κ3) is 53.4. The second kappa shape index (κ2) is 34.8. The van der Waals surface area contributed by atoms with Crippen molar-refractivity contribution < 1.29 is 44.2 Å². The molecule has 0 saturated heterocycles. The molecule has 0 heterocycles. The zero-order chi connectivity index (χ0) is 24.9. The molecule has 13 heteroatoms. The number of aliphatic hydroxyl groups excluding tert-OH is 3. The average Bonchev–Trinajstić information content (AvgIpc) is 2.74. The Hall–Kier alpha value is 0.160. The standard InChI is InChI=1S/3C6H11ClO2.O3P/c3*1-2-3-9-5-6(7)4-8;1-4(2)3/h3*2,6,8H,1,3-5H2;/q;;;-3. The van der Waals surface area contributed by atoms with E-state index < -0.39 is 8.60 Å². The van der Waals surface area contributed by atoms with Crippen molar-refractivity contribution in [3.8, 4) is 0 Å². The first-order valence-corrected chi connectivity index (χ1v) is 11.2. The summed E-state index contributed by atoms with van der Waals surface area (Å²) >= 11 is 16.5. The maximum Gasteiger partial charge on any atom is 0.0800 e. The quantitative estimate of drug-likeness (QED) is 0.111. The van der Waals surface area contributed by atoms with E-state index in [4.69, 9.17) is 79.0 Å². The van der Waals surface area contributed by atoms with Crippen molar-refractivity contribution in [1.82, 2.24) is 0 Å². The number of rotatable bonds is 15. The molecule has 0 aliphatic carbocycles. The molecule has 0 aliphatic rings. The Bertz CT molecular complexity index is 320. The van der Waals surface area contributed by atoms with Gasteiger partial charge in [0.25, 0.3) is 0 Å². The molecule has 0 aromatic rings. The molecule has 3 unspecified atom stereocenters. The van der Waals surface area contributed by atoms with E-state index in [0.29, 0.717) is 39.6 Å². The van der Waals surface area contributed by atoms with E-state index in [1.165, 1.54) is 0 Å². The van der Waals surface area contributed by atoms with E-state index in [2.05, 4.69) is 19.7 Å². The van der Waals surface area contributed by atoms with Gasteiger partial charge >= 0.3 is 0 Å². The topological polar surface area (TPSA) is 158 Å². The molecule has 0 saturated carbocycles. The molecule has 0 amide bonds. The highest BCUT2D eigenvalue weighted by molar-refractivity contribution is 7.33. The normalized spacial score (nSPS) is 12.6. The molecule has 0 aliphatic heterocycles. The Labute approximate surface area is 201 Å². The fourth-order valence-electron chi connectivity index (χ4n) is 0.996. The lowest BCUT2D eigenvalue weighted by Crippen LogP contribution is -2.18. The molecular formula is C18H33Cl3O9P-3. The Balaban J connectivity index is -0.000000162. The summed E-state index contributed by atoms with van der Waals surface area (Å²) < 4.78 is 14.8. The van der Waals surface area contributed by atoms with Crippen LogP contribution in [0.5, 0.6) is 0 Å². The van der Waals surface area contributed by atoms with E-state index in [-0.39, 0.29) is 36.0 Å². The van der Waals surface area contributed by atoms with Crippen molar-refractivity contribution in [1.29, 1.82) is 0 Å². The molecular weight excluding hydrogens is 498 g/mol. The molecule has 188 valence electrons. The Morgan fingerprint density at radius 1 is 0.645 bits per heavy atom. The van der Waals surface area contributed by atoms with Crippen molar-refractivity contribution in [2.45, 2.75) is 16.1 Å². The third-order valence-electron chi connectivity index (χ3n) is 2.20. The van der Waals surface area contributed by atoms with Gasteiger partial charge in [-0.05, 0) is 0 Å². The summed E-state index contributed by atoms with van der Waals surface area (Å²) in [6, 6.07) is 0. The zero-order valence-electron chi connectivity index (χ0n) is 17.3. The van der Waals surface area contributed by atoms with Gasteiger partial charge in [0, 0.05) is 0 Å². The molecule has 3 atom stereocenters. The summed E-state index contributed by atoms with van der Waals surface area (Å²) in [7, 11) is -3.37. The van der Waals surface area contributed by atoms with Crippen molar-refractivity contribution >= 4 is 43.4 Å². The molecule has 0 rings (SSSR count). The molecule has 0 radical (unpaired) electrons. The van der Waals surface area contributed by atoms with Gasteiger partial charge in [-0.15, -0.1) is 54.5 Å². The van der Waals surface area contributed by atoms with Gasteiger partial charge in [0.2, 0.25) is 0 Å². The first-order valence-electron chi connectivity index (χ1n) is 8.78. The fourth-order valence-corrected chi connectivity index (χ4v) is 1.26. The summed E-state index contributed by atoms with van der Waals surface area (Å²) in [6.45, 7) is 12.8. The average molecular weight is 531 g/mol. The maximum absolute atomic E-state index is 8.48. The minimum atomic E-state index is -3.37. The predicted molar refractivity (Wildman–Crippen MR) is 120 cm³/mol. The highest BCUT2D eigenvalue weighted by atomic mass is 35.5. The van der Waals surface area contributed by atoms with Gasteiger partial charge in [-0.2, -0.15) is 0 Å². The first kappa shape index (κ1) is 38.4. The van der Waals surface area contributed by atoms with E-state index >= 15 is 0 Å². The SMILES string of the molecule is C=CCOCC(Cl)CO.C=CCOCC(Cl)CO.C=CCOCC(Cl)CO.[O-]P([O-])[O-]. The van der Waals surface area contributed by atoms with Crippen molar-refractivity contribution in [3.63, 3.8) is 0 Å². The van der Waals surface area contributed by atoms with Crippen molar-refractivity contribution in [2.24, 2.45) is 0 Å². The largest absolute Gasteiger partial charge is 0.854 e. The monoisotopic (exact) mass is 529 g/mol. The summed E-state index contributed by atoms with van der Waals surface area (Å²) in [5, 5.41) is 24.3. The lowest BCUT2D eigenvalue weighted by molar-refractivity contribution is -0.407. The van der Waals surface area contributed by atoms with Gasteiger partial charge in [-0.1, -0.05) is 18.2 Å². The molecule has 0 spiro atoms. The maximum atomic E-state index is 8.48. The molecule has 0 aromatic carbocycles. The molecule has 0 aromatic heterocycles. The van der Waals surface area contributed by atoms with E-state index in [0.717, 1.165) is 0 Å². The summed E-state index contributed by atoms with van der Waals surface area (Å²) in [4.78, 5) is 25.4. The predicted octanol–water partition coefficient (Wildman–Crippen LogP) is -0.340. The van der Waals surface area contributed by atoms with Gasteiger partial charge in [-0.25, -0.2) is 0 Å². The summed E-state index contributed by atoms with van der Waals surface area (Å²) in [5.41, 5.74) is 0. The molecule has 9 nitrogen and oxygen atoms in total. The number of alkyl halides is 3. The second-order valence-electron chi connectivity index (χ2n) is 5.04. The van der Waals surface area contributed by atoms with Gasteiger partial charge in [0.1, 0.15) is 0 Å². The van der Waals surface area contributed by atoms with Crippen LogP contribution in [-0.2, 0) is 14.2 Å². The van der Waals surface area contributed by atoms with Crippen LogP contribution in [-0.4, -0.2) is 90.9 Å². The van der Waals surface area contributed by atoms with Crippen LogP contribution in [0.1, 0.15) is 0 Å². The highest BCUT2D eigenvalue weighted by Crippen LogP contribution is 1.95. The molecule has 0 fully saturated rings. The number of halogens is 3. The Morgan fingerprint density at radius 2 is 0.839 bits per heavy atom. The molecule has 0 bridgehead atoms. The number of hydrogen-bond acceptors (Lipinski definition) is 9. The number of aliphatic hydroxyl groups is 3. The lowest BCUT2D eigenvalue weighted by atomic mass is 10.5. The van der Waals surface area contributed by atoms with Crippen LogP contribution in [0.25, 0.3) is 0 Å². The van der Waals surface area contributed by atoms with Crippen LogP contribution in [0.3, 0.4) is 0 Å². The summed E-state index contributed by atoms with van der Waals surface area (Å²) in [6.07, 6.45) is 4.92. The van der Waals surface area contributed by atoms with E-state index in [1.54, 1.807) is 18.2 Å². The lowest BCUT2D eigenvalue weighted by Gasteiger charge is -2.39. The smallest absolute Gasteiger partial charge is 0.0800 e. The number of ether oxygens (including phenoxy) is 3. The van der Waals surface area contributed by atoms with Crippen LogP contribution in [0.2, 0.25) is 0 Å². The van der Waals surface area contributed by atoms with Crippen LogP contribution >= 0.6 is 43.4 Å². The number of hydrogen-bond donors (Lipinski definition) is 3. The van der Waals surface area contributed by atoms with Gasteiger partial charge in [0.15, 0.2) is 0 Å². The minimum absolute atomic E-state index is 0.0430. The van der Waals surface area contributed by atoms with Crippen molar-refractivity contribution in [3.05, 3.63) is 38.0 Å². The highest BCUT2D eigenvalue weighted by Gasteiger charge is 2.00. The van der Waals surface area contributed by atoms with Crippen molar-refractivity contribution in [2.75, 3.05) is 59.5 Å². The fraction of sp³-hybridized carbons (Fsp3) is 0.667. The molecule has 31 heavy (non-hydrogen) atoms. The minimum Gasteiger partial charge on any atom is -0.854 e. The summed E-state index contributed by atoms with van der Waals surface area (Å²) in [5.74, 6) is 0. The van der Waals surface area contributed by atoms with E-state index in [9.17, 15) is 0 Å². The molecule has 3 N–H and O–H groups in total. The van der Waals surface area contributed by atoms with Crippen LogP contribution in [0.4, 0.5) is 0 Å². The van der Waals surface area contributed by atoms with Crippen LogP contribution in [0.15, 0.2) is 38.0 Å². The Kier molecular flexibility index (Phi) is 43.1. The third-order valence-corrected chi connectivity index (χ3v) is 2.99. The van der Waals surface area contributed by atoms with Gasteiger partial charge in [0.05, 0.1) is 75.6 Å².